The number of hydrogen-bond donors (Lipinski definition) is 2. The van der Waals surface area contributed by atoms with E-state index in [0.717, 1.165) is 25.9 Å². The Labute approximate surface area is 154 Å². The Balaban J connectivity index is 1.65. The van der Waals surface area contributed by atoms with Crippen LogP contribution in [0.5, 0.6) is 0 Å². The van der Waals surface area contributed by atoms with Crippen LogP contribution in [0, 0.1) is 0 Å². The molecule has 26 heavy (non-hydrogen) atoms. The molecule has 0 aromatic carbocycles. The molecule has 0 aliphatic carbocycles. The minimum Gasteiger partial charge on any atom is -0.444 e. The van der Waals surface area contributed by atoms with Crippen LogP contribution in [0.2, 0.25) is 0 Å². The van der Waals surface area contributed by atoms with Gasteiger partial charge in [-0.3, -0.25) is 9.69 Å². The molecule has 1 fully saturated rings. The molecule has 3 heterocycles. The SMILES string of the molecule is CC1(NC(=O)c2cn3c(n2)CN(C(=O)OC(C)(C)C)CC3)CCNCC1. The number of fused-ring (bicyclic) bond motifs is 1. The molecule has 144 valence electrons. The topological polar surface area (TPSA) is 88.5 Å². The van der Waals surface area contributed by atoms with Crippen molar-refractivity contribution in [3.63, 3.8) is 0 Å². The minimum absolute atomic E-state index is 0.153. The van der Waals surface area contributed by atoms with Crippen LogP contribution in [0.25, 0.3) is 0 Å². The smallest absolute Gasteiger partial charge is 0.410 e. The predicted molar refractivity (Wildman–Crippen MR) is 96.8 cm³/mol. The first-order chi connectivity index (χ1) is 12.2. The van der Waals surface area contributed by atoms with Crippen LogP contribution in [0.4, 0.5) is 4.79 Å². The number of piperidine rings is 1. The molecule has 3 rings (SSSR count). The van der Waals surface area contributed by atoms with Crippen molar-refractivity contribution in [3.05, 3.63) is 17.7 Å². The van der Waals surface area contributed by atoms with E-state index in [-0.39, 0.29) is 17.5 Å². The van der Waals surface area contributed by atoms with Gasteiger partial charge in [0.1, 0.15) is 17.1 Å². The summed E-state index contributed by atoms with van der Waals surface area (Å²) < 4.78 is 7.37. The number of amides is 2. The van der Waals surface area contributed by atoms with Gasteiger partial charge < -0.3 is 19.9 Å². The van der Waals surface area contributed by atoms with E-state index >= 15 is 0 Å². The van der Waals surface area contributed by atoms with E-state index in [0.29, 0.717) is 31.2 Å². The monoisotopic (exact) mass is 363 g/mol. The standard InChI is InChI=1S/C18H29N5O3/c1-17(2,3)26-16(25)23-10-9-22-11-13(20-14(22)12-23)15(24)21-18(4)5-7-19-8-6-18/h11,19H,5-10,12H2,1-4H3,(H,21,24). The zero-order chi connectivity index (χ0) is 18.9. The molecular formula is C18H29N5O3. The van der Waals surface area contributed by atoms with E-state index in [9.17, 15) is 9.59 Å². The maximum atomic E-state index is 12.6. The van der Waals surface area contributed by atoms with Crippen LogP contribution in [-0.4, -0.2) is 57.2 Å². The Kier molecular flexibility index (Phi) is 4.96. The second kappa shape index (κ2) is 6.90. The van der Waals surface area contributed by atoms with E-state index < -0.39 is 5.60 Å². The lowest BCUT2D eigenvalue weighted by molar-refractivity contribution is 0.0195. The largest absolute Gasteiger partial charge is 0.444 e. The van der Waals surface area contributed by atoms with Crippen molar-refractivity contribution in [1.82, 2.24) is 25.1 Å². The quantitative estimate of drug-likeness (QED) is 0.831. The van der Waals surface area contributed by atoms with Crippen molar-refractivity contribution in [3.8, 4) is 0 Å². The number of carbonyl (C=O) groups is 2. The lowest BCUT2D eigenvalue weighted by atomic mass is 9.90. The molecule has 2 aliphatic heterocycles. The van der Waals surface area contributed by atoms with Gasteiger partial charge in [0, 0.05) is 24.8 Å². The maximum absolute atomic E-state index is 12.6. The Hall–Kier alpha value is -2.09. The average molecular weight is 363 g/mol. The molecule has 0 saturated carbocycles. The van der Waals surface area contributed by atoms with Crippen LogP contribution in [0.3, 0.4) is 0 Å². The number of aromatic nitrogens is 2. The van der Waals surface area contributed by atoms with E-state index in [2.05, 4.69) is 22.5 Å². The van der Waals surface area contributed by atoms with Crippen LogP contribution in [0.15, 0.2) is 6.20 Å². The highest BCUT2D eigenvalue weighted by Crippen LogP contribution is 2.20. The lowest BCUT2D eigenvalue weighted by Crippen LogP contribution is -2.52. The lowest BCUT2D eigenvalue weighted by Gasteiger charge is -2.34. The third kappa shape index (κ3) is 4.35. The Morgan fingerprint density at radius 2 is 1.96 bits per heavy atom. The molecule has 8 nitrogen and oxygen atoms in total. The Morgan fingerprint density at radius 3 is 2.62 bits per heavy atom. The summed E-state index contributed by atoms with van der Waals surface area (Å²) in [4.78, 5) is 31.0. The van der Waals surface area contributed by atoms with Crippen molar-refractivity contribution >= 4 is 12.0 Å². The van der Waals surface area contributed by atoms with Gasteiger partial charge in [0.2, 0.25) is 0 Å². The normalized spacial score (nSPS) is 19.6. The molecule has 1 saturated heterocycles. The summed E-state index contributed by atoms with van der Waals surface area (Å²) in [6.45, 7) is 10.9. The summed E-state index contributed by atoms with van der Waals surface area (Å²) in [5.41, 5.74) is -0.320. The average Bonchev–Trinajstić information content (AvgIpc) is 2.96. The van der Waals surface area contributed by atoms with Gasteiger partial charge >= 0.3 is 6.09 Å². The van der Waals surface area contributed by atoms with E-state index in [1.165, 1.54) is 0 Å². The van der Waals surface area contributed by atoms with Gasteiger partial charge in [0.25, 0.3) is 5.91 Å². The summed E-state index contributed by atoms with van der Waals surface area (Å²) in [5, 5.41) is 6.43. The van der Waals surface area contributed by atoms with Gasteiger partial charge in [-0.1, -0.05) is 0 Å². The van der Waals surface area contributed by atoms with Crippen LogP contribution < -0.4 is 10.6 Å². The van der Waals surface area contributed by atoms with Crippen LogP contribution in [-0.2, 0) is 17.8 Å². The van der Waals surface area contributed by atoms with E-state index in [1.807, 2.05) is 25.3 Å². The number of carbonyl (C=O) groups excluding carboxylic acids is 2. The second-order valence-corrected chi connectivity index (χ2v) is 8.40. The van der Waals surface area contributed by atoms with E-state index in [4.69, 9.17) is 4.74 Å². The fourth-order valence-electron chi connectivity index (χ4n) is 3.29. The minimum atomic E-state index is -0.528. The fourth-order valence-corrected chi connectivity index (χ4v) is 3.29. The Bertz CT molecular complexity index is 685. The molecule has 0 unspecified atom stereocenters. The molecule has 0 bridgehead atoms. The van der Waals surface area contributed by atoms with Crippen molar-refractivity contribution in [2.24, 2.45) is 0 Å². The van der Waals surface area contributed by atoms with Gasteiger partial charge in [0.05, 0.1) is 6.54 Å². The van der Waals surface area contributed by atoms with Gasteiger partial charge in [-0.05, 0) is 53.6 Å². The highest BCUT2D eigenvalue weighted by atomic mass is 16.6. The number of nitrogens with one attached hydrogen (secondary N) is 2. The van der Waals surface area contributed by atoms with Crippen LogP contribution >= 0.6 is 0 Å². The van der Waals surface area contributed by atoms with Gasteiger partial charge in [0.15, 0.2) is 0 Å². The number of nitrogens with zero attached hydrogens (tertiary/aromatic N) is 3. The summed E-state index contributed by atoms with van der Waals surface area (Å²) >= 11 is 0. The van der Waals surface area contributed by atoms with Crippen molar-refractivity contribution < 1.29 is 14.3 Å². The number of imidazole rings is 1. The Morgan fingerprint density at radius 1 is 1.27 bits per heavy atom. The third-order valence-corrected chi connectivity index (χ3v) is 4.81. The summed E-state index contributed by atoms with van der Waals surface area (Å²) in [7, 11) is 0. The van der Waals surface area contributed by atoms with Gasteiger partial charge in [-0.15, -0.1) is 0 Å². The summed E-state index contributed by atoms with van der Waals surface area (Å²) in [6.07, 6.45) is 3.24. The molecule has 2 N–H and O–H groups in total. The van der Waals surface area contributed by atoms with Gasteiger partial charge in [-0.2, -0.15) is 0 Å². The molecule has 2 aliphatic rings. The molecule has 0 spiro atoms. The maximum Gasteiger partial charge on any atom is 0.410 e. The van der Waals surface area contributed by atoms with E-state index in [1.54, 1.807) is 11.1 Å². The molecular weight excluding hydrogens is 334 g/mol. The van der Waals surface area contributed by atoms with Crippen molar-refractivity contribution in [1.29, 1.82) is 0 Å². The van der Waals surface area contributed by atoms with Gasteiger partial charge in [-0.25, -0.2) is 9.78 Å². The highest BCUT2D eigenvalue weighted by molar-refractivity contribution is 5.92. The molecule has 0 radical (unpaired) electrons. The molecule has 8 heteroatoms. The molecule has 2 amide bonds. The second-order valence-electron chi connectivity index (χ2n) is 8.40. The summed E-state index contributed by atoms with van der Waals surface area (Å²) in [6, 6.07) is 0. The molecule has 1 aromatic heterocycles. The first-order valence-corrected chi connectivity index (χ1v) is 9.22. The number of hydrogen-bond acceptors (Lipinski definition) is 5. The first kappa shape index (κ1) is 18.7. The summed E-state index contributed by atoms with van der Waals surface area (Å²) in [5.74, 6) is 0.558. The molecule has 0 atom stereocenters. The zero-order valence-electron chi connectivity index (χ0n) is 16.1. The fraction of sp³-hybridized carbons (Fsp3) is 0.722. The number of ether oxygens (including phenoxy) is 1. The first-order valence-electron chi connectivity index (χ1n) is 9.22. The predicted octanol–water partition coefficient (Wildman–Crippen LogP) is 1.51. The number of rotatable bonds is 2. The zero-order valence-corrected chi connectivity index (χ0v) is 16.1. The molecule has 1 aromatic rings. The van der Waals surface area contributed by atoms with Crippen molar-refractivity contribution in [2.75, 3.05) is 19.6 Å². The van der Waals surface area contributed by atoms with Crippen LogP contribution in [0.1, 0.15) is 56.8 Å². The highest BCUT2D eigenvalue weighted by Gasteiger charge is 2.31. The third-order valence-electron chi connectivity index (χ3n) is 4.81. The van der Waals surface area contributed by atoms with Crippen molar-refractivity contribution in [2.45, 2.75) is 64.8 Å².